The number of nitrogens with one attached hydrogen (secondary N) is 2. The van der Waals surface area contributed by atoms with E-state index in [2.05, 4.69) is 64.0 Å². The first-order chi connectivity index (χ1) is 22.9. The maximum atomic E-state index is 9.92. The number of benzene rings is 1. The molecule has 0 aliphatic carbocycles. The lowest BCUT2D eigenvalue weighted by molar-refractivity contribution is -0.221. The van der Waals surface area contributed by atoms with Gasteiger partial charge in [-0.1, -0.05) is 31.2 Å². The van der Waals surface area contributed by atoms with Gasteiger partial charge >= 0.3 is 0 Å². The van der Waals surface area contributed by atoms with Crippen LogP contribution >= 0.6 is 0 Å². The average molecular weight is 663 g/mol. The molecule has 0 bridgehead atoms. The Balaban J connectivity index is 1.12. The summed E-state index contributed by atoms with van der Waals surface area (Å²) in [5.74, 6) is 0.615. The van der Waals surface area contributed by atoms with Gasteiger partial charge in [0, 0.05) is 83.5 Å². The van der Waals surface area contributed by atoms with Gasteiger partial charge in [-0.05, 0) is 49.7 Å². The number of rotatable bonds is 25. The smallest absolute Gasteiger partial charge is 0.160 e. The summed E-state index contributed by atoms with van der Waals surface area (Å²) in [7, 11) is 1.93. The molecule has 0 spiro atoms. The molecule has 0 amide bonds. The molecule has 1 aromatic carbocycles. The van der Waals surface area contributed by atoms with Crippen molar-refractivity contribution in [3.63, 3.8) is 0 Å². The third kappa shape index (κ3) is 17.5. The van der Waals surface area contributed by atoms with Crippen molar-refractivity contribution in [1.29, 1.82) is 0 Å². The molecule has 4 atom stereocenters. The molecule has 2 aliphatic heterocycles. The number of ether oxygens (including phenoxy) is 5. The van der Waals surface area contributed by atoms with Crippen LogP contribution in [-0.2, 0) is 36.5 Å². The monoisotopic (exact) mass is 662 g/mol. The Labute approximate surface area is 283 Å². The lowest BCUT2D eigenvalue weighted by atomic mass is 10.1. The average Bonchev–Trinajstić information content (AvgIpc) is 3.08. The fraction of sp³-hybridized carbons (Fsp3) is 0.722. The van der Waals surface area contributed by atoms with Gasteiger partial charge in [0.15, 0.2) is 6.29 Å². The highest BCUT2D eigenvalue weighted by molar-refractivity contribution is 5.23. The van der Waals surface area contributed by atoms with Crippen molar-refractivity contribution >= 4 is 0 Å². The van der Waals surface area contributed by atoms with Gasteiger partial charge in [-0.15, -0.1) is 0 Å². The molecule has 4 N–H and O–H groups in total. The Morgan fingerprint density at radius 2 is 1.55 bits per heavy atom. The van der Waals surface area contributed by atoms with Crippen molar-refractivity contribution in [3.8, 4) is 0 Å². The van der Waals surface area contributed by atoms with Gasteiger partial charge in [0.25, 0.3) is 0 Å². The zero-order chi connectivity index (χ0) is 33.5. The molecule has 3 rings (SSSR count). The van der Waals surface area contributed by atoms with E-state index in [4.69, 9.17) is 23.7 Å². The van der Waals surface area contributed by atoms with E-state index >= 15 is 0 Å². The molecule has 268 valence electrons. The van der Waals surface area contributed by atoms with Gasteiger partial charge in [0.1, 0.15) is 0 Å². The fourth-order valence-corrected chi connectivity index (χ4v) is 5.44. The van der Waals surface area contributed by atoms with Gasteiger partial charge in [0.05, 0.1) is 58.5 Å². The molecule has 4 unspecified atom stereocenters. The number of aliphatic hydroxyl groups excluding tert-OH is 2. The molecule has 1 aromatic rings. The second kappa shape index (κ2) is 23.9. The third-order valence-electron chi connectivity index (χ3n) is 8.55. The Morgan fingerprint density at radius 1 is 0.915 bits per heavy atom. The third-order valence-corrected chi connectivity index (χ3v) is 8.55. The highest BCUT2D eigenvalue weighted by Gasteiger charge is 2.28. The lowest BCUT2D eigenvalue weighted by Crippen LogP contribution is -2.39. The number of allylic oxidation sites excluding steroid dienone is 1. The summed E-state index contributed by atoms with van der Waals surface area (Å²) < 4.78 is 28.6. The summed E-state index contributed by atoms with van der Waals surface area (Å²) in [5, 5.41) is 25.7. The first kappa shape index (κ1) is 39.1. The quantitative estimate of drug-likeness (QED) is 0.116. The molecule has 0 radical (unpaired) electrons. The van der Waals surface area contributed by atoms with Crippen LogP contribution in [0.5, 0.6) is 0 Å². The van der Waals surface area contributed by atoms with Crippen LogP contribution in [-0.4, -0.2) is 131 Å². The van der Waals surface area contributed by atoms with Gasteiger partial charge in [-0.3, -0.25) is 0 Å². The Kier molecular flexibility index (Phi) is 19.8. The topological polar surface area (TPSA) is 117 Å². The van der Waals surface area contributed by atoms with Crippen LogP contribution in [0.4, 0.5) is 0 Å². The number of hydrogen-bond acceptors (Lipinski definition) is 11. The molecule has 47 heavy (non-hydrogen) atoms. The predicted octanol–water partition coefficient (Wildman–Crippen LogP) is 2.87. The lowest BCUT2D eigenvalue weighted by Gasteiger charge is -2.32. The Bertz CT molecular complexity index is 996. The largest absolute Gasteiger partial charge is 0.394 e. The zero-order valence-electron chi connectivity index (χ0n) is 29.1. The maximum absolute atomic E-state index is 9.92. The van der Waals surface area contributed by atoms with E-state index in [0.717, 1.165) is 70.7 Å². The van der Waals surface area contributed by atoms with Crippen molar-refractivity contribution in [2.24, 2.45) is 5.92 Å². The number of nitrogens with zero attached hydrogens (tertiary/aromatic N) is 2. The molecular formula is C36H62N4O7. The molecule has 2 heterocycles. The van der Waals surface area contributed by atoms with Gasteiger partial charge in [-0.25, -0.2) is 0 Å². The second-order valence-electron chi connectivity index (χ2n) is 12.6. The molecule has 0 aromatic heterocycles. The first-order valence-electron chi connectivity index (χ1n) is 17.6. The van der Waals surface area contributed by atoms with Gasteiger partial charge in [-0.2, -0.15) is 0 Å². The summed E-state index contributed by atoms with van der Waals surface area (Å²) in [6.07, 6.45) is 10.00. The van der Waals surface area contributed by atoms with Crippen molar-refractivity contribution in [2.75, 3.05) is 92.6 Å². The van der Waals surface area contributed by atoms with Crippen LogP contribution in [0, 0.1) is 5.92 Å². The molecular weight excluding hydrogens is 600 g/mol. The van der Waals surface area contributed by atoms with Crippen molar-refractivity contribution in [1.82, 2.24) is 20.4 Å². The number of aliphatic hydroxyl groups is 2. The van der Waals surface area contributed by atoms with E-state index in [9.17, 15) is 10.2 Å². The highest BCUT2D eigenvalue weighted by Crippen LogP contribution is 2.20. The van der Waals surface area contributed by atoms with Crippen LogP contribution in [0.15, 0.2) is 48.6 Å². The molecule has 11 nitrogen and oxygen atoms in total. The van der Waals surface area contributed by atoms with E-state index in [1.807, 2.05) is 20.2 Å². The van der Waals surface area contributed by atoms with Crippen LogP contribution in [0.2, 0.25) is 0 Å². The second-order valence-corrected chi connectivity index (χ2v) is 12.6. The van der Waals surface area contributed by atoms with Crippen molar-refractivity contribution < 1.29 is 33.9 Å². The fourth-order valence-electron chi connectivity index (χ4n) is 5.44. The minimum absolute atomic E-state index is 0.0948. The van der Waals surface area contributed by atoms with E-state index in [0.29, 0.717) is 58.4 Å². The zero-order valence-corrected chi connectivity index (χ0v) is 29.1. The van der Waals surface area contributed by atoms with Crippen LogP contribution in [0.1, 0.15) is 50.7 Å². The number of hydrogen-bond donors (Lipinski definition) is 4. The van der Waals surface area contributed by atoms with Gasteiger partial charge in [0.2, 0.25) is 0 Å². The maximum Gasteiger partial charge on any atom is 0.160 e. The molecule has 1 saturated heterocycles. The normalized spacial score (nSPS) is 20.9. The predicted molar refractivity (Wildman–Crippen MR) is 185 cm³/mol. The summed E-state index contributed by atoms with van der Waals surface area (Å²) in [6, 6.07) is 8.71. The van der Waals surface area contributed by atoms with E-state index in [1.165, 1.54) is 11.1 Å². The van der Waals surface area contributed by atoms with Crippen LogP contribution in [0.25, 0.3) is 0 Å². The highest BCUT2D eigenvalue weighted by atomic mass is 16.7. The Hall–Kier alpha value is -2.38. The molecule has 1 fully saturated rings. The van der Waals surface area contributed by atoms with Crippen molar-refractivity contribution in [3.05, 3.63) is 59.7 Å². The summed E-state index contributed by atoms with van der Waals surface area (Å²) >= 11 is 0. The van der Waals surface area contributed by atoms with Crippen molar-refractivity contribution in [2.45, 2.75) is 70.9 Å². The standard InChI is InChI=1S/C36H62N4O7/c1-30(27-38-28-31(2)37-3)5-4-18-43-21-23-45-24-22-44-20-17-40-15-13-39(14-16-40)12-10-32-6-8-33(9-7-32)11-19-46-36-26-34(42)25-35(29-41)47-36/h6-9,13,15,28,30,34-38,41-42H,4-5,10-12,14,16-27,29H2,1-3H3/b31-28-. The summed E-state index contributed by atoms with van der Waals surface area (Å²) in [5.41, 5.74) is 3.67. The van der Waals surface area contributed by atoms with Crippen LogP contribution in [0.3, 0.4) is 0 Å². The minimum atomic E-state index is -0.483. The molecule has 2 aliphatic rings. The Morgan fingerprint density at radius 3 is 2.21 bits per heavy atom. The van der Waals surface area contributed by atoms with Gasteiger partial charge < -0.3 is 54.3 Å². The summed E-state index contributed by atoms with van der Waals surface area (Å²) in [6.45, 7) is 13.5. The van der Waals surface area contributed by atoms with Crippen LogP contribution < -0.4 is 10.6 Å². The van der Waals surface area contributed by atoms with E-state index < -0.39 is 12.4 Å². The SMILES string of the molecule is CN/C(C)=C\NCC(C)CCCOCCOCCOCCN1C=CN(CCc2ccc(CCOC3CC(O)CC(CO)O3)cc2)CC1. The minimum Gasteiger partial charge on any atom is -0.394 e. The molecule has 11 heteroatoms. The van der Waals surface area contributed by atoms with E-state index in [1.54, 1.807) is 0 Å². The van der Waals surface area contributed by atoms with E-state index in [-0.39, 0.29) is 12.7 Å². The first-order valence-corrected chi connectivity index (χ1v) is 17.6. The summed E-state index contributed by atoms with van der Waals surface area (Å²) in [4.78, 5) is 4.68. The molecule has 0 saturated carbocycles.